The minimum absolute atomic E-state index is 0.0625. The molecule has 0 aliphatic heterocycles. The first kappa shape index (κ1) is 11.2. The lowest BCUT2D eigenvalue weighted by molar-refractivity contribution is 0.568. The van der Waals surface area contributed by atoms with E-state index in [1.807, 2.05) is 0 Å². The van der Waals surface area contributed by atoms with Crippen LogP contribution in [0.3, 0.4) is 0 Å². The highest BCUT2D eigenvalue weighted by Crippen LogP contribution is 2.32. The van der Waals surface area contributed by atoms with Crippen LogP contribution in [-0.2, 0) is 5.41 Å². The molecule has 0 unspecified atom stereocenters. The number of imidazole rings is 1. The average molecular weight is 260 g/mol. The zero-order valence-corrected chi connectivity index (χ0v) is 11.1. The summed E-state index contributed by atoms with van der Waals surface area (Å²) >= 11 is 1.34. The number of rotatable bonds is 1. The Labute approximate surface area is 108 Å². The minimum atomic E-state index is -0.0625. The monoisotopic (exact) mass is 260 g/mol. The van der Waals surface area contributed by atoms with Gasteiger partial charge in [-0.15, -0.1) is 5.10 Å². The quantitative estimate of drug-likeness (QED) is 0.725. The van der Waals surface area contributed by atoms with Crippen LogP contribution in [-0.4, -0.2) is 29.5 Å². The van der Waals surface area contributed by atoms with Crippen LogP contribution in [0.4, 0.5) is 0 Å². The summed E-state index contributed by atoms with van der Waals surface area (Å²) in [7, 11) is 0. The molecule has 0 aliphatic rings. The number of H-pyrrole nitrogens is 1. The first-order valence-electron chi connectivity index (χ1n) is 5.54. The number of aromatic amines is 1. The molecule has 0 amide bonds. The van der Waals surface area contributed by atoms with Gasteiger partial charge in [0.25, 0.3) is 0 Å². The Bertz CT molecular complexity index is 660. The lowest BCUT2D eigenvalue weighted by Crippen LogP contribution is -2.13. The molecule has 6 nitrogen and oxygen atoms in total. The molecule has 0 aromatic carbocycles. The van der Waals surface area contributed by atoms with Crippen LogP contribution in [0.25, 0.3) is 21.9 Å². The Balaban J connectivity index is 2.18. The lowest BCUT2D eigenvalue weighted by atomic mass is 9.91. The van der Waals surface area contributed by atoms with Gasteiger partial charge in [-0.25, -0.2) is 15.0 Å². The van der Waals surface area contributed by atoms with Gasteiger partial charge in [0.1, 0.15) is 16.7 Å². The van der Waals surface area contributed by atoms with Crippen molar-refractivity contribution in [3.63, 3.8) is 0 Å². The summed E-state index contributed by atoms with van der Waals surface area (Å²) in [5.74, 6) is 0.755. The Kier molecular flexibility index (Phi) is 2.37. The van der Waals surface area contributed by atoms with E-state index in [1.165, 1.54) is 17.9 Å². The van der Waals surface area contributed by atoms with E-state index in [2.05, 4.69) is 50.3 Å². The third-order valence-electron chi connectivity index (χ3n) is 2.58. The van der Waals surface area contributed by atoms with Crippen molar-refractivity contribution >= 4 is 22.7 Å². The number of aromatic nitrogens is 6. The Morgan fingerprint density at radius 2 is 2.11 bits per heavy atom. The second-order valence-electron chi connectivity index (χ2n) is 5.05. The zero-order valence-electron chi connectivity index (χ0n) is 10.3. The first-order chi connectivity index (χ1) is 8.55. The lowest BCUT2D eigenvalue weighted by Gasteiger charge is -2.15. The third kappa shape index (κ3) is 1.76. The molecule has 3 heterocycles. The topological polar surface area (TPSA) is 80.2 Å². The van der Waals surface area contributed by atoms with Gasteiger partial charge in [-0.1, -0.05) is 25.3 Å². The van der Waals surface area contributed by atoms with Crippen LogP contribution in [0.5, 0.6) is 0 Å². The Hall–Kier alpha value is -1.89. The van der Waals surface area contributed by atoms with Crippen LogP contribution in [0.1, 0.15) is 26.5 Å². The molecule has 3 aromatic heterocycles. The van der Waals surface area contributed by atoms with Gasteiger partial charge in [0.05, 0.1) is 11.9 Å². The fourth-order valence-electron chi connectivity index (χ4n) is 1.71. The van der Waals surface area contributed by atoms with Crippen LogP contribution in [0, 0.1) is 0 Å². The van der Waals surface area contributed by atoms with Crippen molar-refractivity contribution in [1.29, 1.82) is 0 Å². The maximum atomic E-state index is 4.45. The molecule has 18 heavy (non-hydrogen) atoms. The van der Waals surface area contributed by atoms with E-state index in [1.54, 1.807) is 6.20 Å². The van der Waals surface area contributed by atoms with Gasteiger partial charge in [0.2, 0.25) is 0 Å². The molecule has 0 aliphatic carbocycles. The SMILES string of the molecule is CC(C)(C)c1nnsc1-c1nc2ncncc2[nH]1. The van der Waals surface area contributed by atoms with Crippen molar-refractivity contribution in [1.82, 2.24) is 29.5 Å². The van der Waals surface area contributed by atoms with Crippen LogP contribution < -0.4 is 0 Å². The van der Waals surface area contributed by atoms with Crippen LogP contribution in [0.15, 0.2) is 12.5 Å². The molecule has 3 rings (SSSR count). The van der Waals surface area contributed by atoms with Crippen LogP contribution >= 0.6 is 11.5 Å². The number of hydrogen-bond donors (Lipinski definition) is 1. The van der Waals surface area contributed by atoms with Crippen molar-refractivity contribution in [2.24, 2.45) is 0 Å². The van der Waals surface area contributed by atoms with Crippen molar-refractivity contribution in [2.75, 3.05) is 0 Å². The number of fused-ring (bicyclic) bond motifs is 1. The van der Waals surface area contributed by atoms with Crippen molar-refractivity contribution in [3.8, 4) is 10.7 Å². The summed E-state index contributed by atoms with van der Waals surface area (Å²) in [4.78, 5) is 16.7. The first-order valence-corrected chi connectivity index (χ1v) is 6.32. The maximum Gasteiger partial charge on any atom is 0.181 e. The number of hydrogen-bond acceptors (Lipinski definition) is 6. The van der Waals surface area contributed by atoms with Crippen molar-refractivity contribution < 1.29 is 0 Å². The van der Waals surface area contributed by atoms with E-state index >= 15 is 0 Å². The molecular weight excluding hydrogens is 248 g/mol. The fraction of sp³-hybridized carbons (Fsp3) is 0.364. The van der Waals surface area contributed by atoms with Crippen molar-refractivity contribution in [3.05, 3.63) is 18.2 Å². The molecule has 3 aromatic rings. The second-order valence-corrected chi connectivity index (χ2v) is 5.80. The van der Waals surface area contributed by atoms with Gasteiger partial charge < -0.3 is 4.98 Å². The molecule has 1 N–H and O–H groups in total. The van der Waals surface area contributed by atoms with E-state index in [4.69, 9.17) is 0 Å². The summed E-state index contributed by atoms with van der Waals surface area (Å²) in [6, 6.07) is 0. The predicted molar refractivity (Wildman–Crippen MR) is 69.3 cm³/mol. The largest absolute Gasteiger partial charge is 0.335 e. The number of nitrogens with zero attached hydrogens (tertiary/aromatic N) is 5. The van der Waals surface area contributed by atoms with E-state index in [-0.39, 0.29) is 5.41 Å². The molecule has 92 valence electrons. The molecule has 0 bridgehead atoms. The van der Waals surface area contributed by atoms with Gasteiger partial charge in [-0.05, 0) is 11.5 Å². The molecule has 0 saturated heterocycles. The van der Waals surface area contributed by atoms with Gasteiger partial charge in [-0.2, -0.15) is 0 Å². The second kappa shape index (κ2) is 3.81. The maximum absolute atomic E-state index is 4.45. The molecule has 7 heteroatoms. The summed E-state index contributed by atoms with van der Waals surface area (Å²) in [5.41, 5.74) is 2.36. The van der Waals surface area contributed by atoms with Gasteiger partial charge in [0, 0.05) is 5.41 Å². The third-order valence-corrected chi connectivity index (χ3v) is 3.31. The van der Waals surface area contributed by atoms with E-state index < -0.39 is 0 Å². The average Bonchev–Trinajstić information content (AvgIpc) is 2.94. The molecule has 0 atom stereocenters. The summed E-state index contributed by atoms with van der Waals surface area (Å²) in [5, 5.41) is 4.21. The molecular formula is C11H12N6S. The van der Waals surface area contributed by atoms with Gasteiger partial charge in [-0.3, -0.25) is 0 Å². The molecule has 0 spiro atoms. The highest BCUT2D eigenvalue weighted by atomic mass is 32.1. The molecule has 0 radical (unpaired) electrons. The minimum Gasteiger partial charge on any atom is -0.335 e. The zero-order chi connectivity index (χ0) is 12.8. The van der Waals surface area contributed by atoms with Gasteiger partial charge in [0.15, 0.2) is 11.5 Å². The molecule has 0 saturated carbocycles. The van der Waals surface area contributed by atoms with E-state index in [0.29, 0.717) is 5.65 Å². The Morgan fingerprint density at radius 3 is 2.83 bits per heavy atom. The highest BCUT2D eigenvalue weighted by molar-refractivity contribution is 7.09. The Morgan fingerprint density at radius 1 is 1.28 bits per heavy atom. The number of nitrogens with one attached hydrogen (secondary N) is 1. The van der Waals surface area contributed by atoms with Crippen LogP contribution in [0.2, 0.25) is 0 Å². The fourth-order valence-corrected chi connectivity index (χ4v) is 2.53. The van der Waals surface area contributed by atoms with Crippen molar-refractivity contribution in [2.45, 2.75) is 26.2 Å². The predicted octanol–water partition coefficient (Wildman–Crippen LogP) is 2.17. The highest BCUT2D eigenvalue weighted by Gasteiger charge is 2.24. The van der Waals surface area contributed by atoms with E-state index in [0.717, 1.165) is 21.9 Å². The van der Waals surface area contributed by atoms with E-state index in [9.17, 15) is 0 Å². The molecule has 0 fully saturated rings. The smallest absolute Gasteiger partial charge is 0.181 e. The normalized spacial score (nSPS) is 12.2. The summed E-state index contributed by atoms with van der Waals surface area (Å²) < 4.78 is 4.03. The summed E-state index contributed by atoms with van der Waals surface area (Å²) in [6.45, 7) is 6.32. The standard InChI is InChI=1S/C11H12N6S/c1-11(2,3)8-7(18-17-16-8)10-14-6-4-12-5-13-9(6)15-10/h4-5H,1-3H3,(H,12,13,14,15). The van der Waals surface area contributed by atoms with Gasteiger partial charge >= 0.3 is 0 Å². The summed E-state index contributed by atoms with van der Waals surface area (Å²) in [6.07, 6.45) is 3.20.